The summed E-state index contributed by atoms with van der Waals surface area (Å²) in [5, 5.41) is 2.94. The Morgan fingerprint density at radius 3 is 2.72 bits per heavy atom. The van der Waals surface area contributed by atoms with Gasteiger partial charge in [-0.25, -0.2) is 4.98 Å². The van der Waals surface area contributed by atoms with E-state index in [1.165, 1.54) is 0 Å². The first-order valence-corrected chi connectivity index (χ1v) is 8.09. The summed E-state index contributed by atoms with van der Waals surface area (Å²) >= 11 is 0. The predicted octanol–water partition coefficient (Wildman–Crippen LogP) is 3.44. The number of nitrogens with zero attached hydrogens (tertiary/aromatic N) is 2. The van der Waals surface area contributed by atoms with Gasteiger partial charge in [-0.2, -0.15) is 0 Å². The van der Waals surface area contributed by atoms with Gasteiger partial charge in [0.2, 0.25) is 6.41 Å². The minimum absolute atomic E-state index is 0.130. The van der Waals surface area contributed by atoms with Crippen molar-refractivity contribution in [2.24, 2.45) is 0 Å². The first-order valence-electron chi connectivity index (χ1n) is 8.09. The minimum atomic E-state index is -0.130. The van der Waals surface area contributed by atoms with Gasteiger partial charge in [-0.15, -0.1) is 0 Å². The molecule has 1 amide bonds. The lowest BCUT2D eigenvalue weighted by molar-refractivity contribution is -0.109. The van der Waals surface area contributed by atoms with Gasteiger partial charge in [0.15, 0.2) is 0 Å². The maximum Gasteiger partial charge on any atom is 0.207 e. The van der Waals surface area contributed by atoms with E-state index in [-0.39, 0.29) is 6.04 Å². The Balaban J connectivity index is 1.78. The number of benzene rings is 2. The third kappa shape index (κ3) is 1.99. The first-order chi connectivity index (χ1) is 12.4. The number of carbonyl (C=O) groups excluding carboxylic acids is 1. The number of hydrogen-bond acceptors (Lipinski definition) is 3. The smallest absolute Gasteiger partial charge is 0.207 e. The second-order valence-electron chi connectivity index (χ2n) is 6.05. The van der Waals surface area contributed by atoms with Crippen molar-refractivity contribution < 1.29 is 4.79 Å². The van der Waals surface area contributed by atoms with Gasteiger partial charge in [0.05, 0.1) is 23.3 Å². The van der Waals surface area contributed by atoms with Crippen molar-refractivity contribution in [3.63, 3.8) is 0 Å². The fourth-order valence-electron chi connectivity index (χ4n) is 3.68. The average molecular weight is 326 g/mol. The Labute approximate surface area is 143 Å². The van der Waals surface area contributed by atoms with Crippen LogP contribution in [0.5, 0.6) is 0 Å². The number of pyridine rings is 1. The molecule has 0 radical (unpaired) electrons. The lowest BCUT2D eigenvalue weighted by atomic mass is 9.99. The van der Waals surface area contributed by atoms with E-state index in [2.05, 4.69) is 39.6 Å². The van der Waals surface area contributed by atoms with Gasteiger partial charge in [0.25, 0.3) is 0 Å². The van der Waals surface area contributed by atoms with E-state index in [9.17, 15) is 4.79 Å². The summed E-state index contributed by atoms with van der Waals surface area (Å²) in [4.78, 5) is 23.3. The molecule has 1 unspecified atom stereocenters. The Morgan fingerprint density at radius 1 is 1.00 bits per heavy atom. The van der Waals surface area contributed by atoms with Crippen LogP contribution in [0.4, 0.5) is 0 Å². The van der Waals surface area contributed by atoms with Crippen molar-refractivity contribution in [2.75, 3.05) is 0 Å². The van der Waals surface area contributed by atoms with Crippen LogP contribution in [0, 0.1) is 0 Å². The number of aromatic nitrogens is 3. The molecule has 0 saturated heterocycles. The summed E-state index contributed by atoms with van der Waals surface area (Å²) in [7, 11) is 0. The number of carbonyl (C=O) groups is 1. The molecule has 0 spiro atoms. The highest BCUT2D eigenvalue weighted by Gasteiger charge is 2.30. The predicted molar refractivity (Wildman–Crippen MR) is 95.8 cm³/mol. The summed E-state index contributed by atoms with van der Waals surface area (Å²) in [6.07, 6.45) is 4.28. The molecule has 2 aromatic heterocycles. The van der Waals surface area contributed by atoms with Crippen molar-refractivity contribution in [1.82, 2.24) is 20.3 Å². The minimum Gasteiger partial charge on any atom is -0.348 e. The Hall–Kier alpha value is -3.47. The zero-order valence-corrected chi connectivity index (χ0v) is 13.2. The molecule has 5 rings (SSSR count). The summed E-state index contributed by atoms with van der Waals surface area (Å²) in [5.74, 6) is 0.807. The van der Waals surface area contributed by atoms with Crippen LogP contribution in [-0.2, 0) is 4.79 Å². The molecule has 4 aromatic rings. The van der Waals surface area contributed by atoms with E-state index in [4.69, 9.17) is 4.98 Å². The lowest BCUT2D eigenvalue weighted by Gasteiger charge is -2.12. The van der Waals surface area contributed by atoms with Gasteiger partial charge in [-0.1, -0.05) is 42.5 Å². The molecule has 1 aliphatic rings. The van der Waals surface area contributed by atoms with E-state index in [0.29, 0.717) is 0 Å². The largest absolute Gasteiger partial charge is 0.348 e. The molecule has 5 heteroatoms. The van der Waals surface area contributed by atoms with E-state index >= 15 is 0 Å². The lowest BCUT2D eigenvalue weighted by Crippen LogP contribution is -2.18. The van der Waals surface area contributed by atoms with Crippen molar-refractivity contribution in [1.29, 1.82) is 0 Å². The highest BCUT2D eigenvalue weighted by molar-refractivity contribution is 5.92. The van der Waals surface area contributed by atoms with Crippen LogP contribution in [0.1, 0.15) is 17.2 Å². The molecule has 1 aliphatic carbocycles. The van der Waals surface area contributed by atoms with Crippen LogP contribution in [0.2, 0.25) is 0 Å². The van der Waals surface area contributed by atoms with Crippen molar-refractivity contribution in [2.45, 2.75) is 6.04 Å². The third-order valence-corrected chi connectivity index (χ3v) is 4.72. The molecule has 0 saturated carbocycles. The van der Waals surface area contributed by atoms with Gasteiger partial charge >= 0.3 is 0 Å². The SMILES string of the molecule is O=CNC1c2ccccc2-c2c(-c3nc4ccncc4[nH]3)cccc21. The summed E-state index contributed by atoms with van der Waals surface area (Å²) in [6.45, 7) is 0. The molecule has 120 valence electrons. The zero-order valence-electron chi connectivity index (χ0n) is 13.2. The zero-order chi connectivity index (χ0) is 16.8. The van der Waals surface area contributed by atoms with Crippen LogP contribution in [0.15, 0.2) is 60.9 Å². The number of aromatic amines is 1. The molecule has 2 N–H and O–H groups in total. The standard InChI is InChI=1S/C20H14N4O/c25-11-22-19-13-5-2-1-4-12(13)18-14(19)6-3-7-15(18)20-23-16-8-9-21-10-17(16)24-20/h1-11,19H,(H,22,25)(H,23,24). The van der Waals surface area contributed by atoms with Gasteiger partial charge in [-0.3, -0.25) is 9.78 Å². The third-order valence-electron chi connectivity index (χ3n) is 4.72. The van der Waals surface area contributed by atoms with E-state index in [1.807, 2.05) is 24.3 Å². The van der Waals surface area contributed by atoms with Crippen molar-refractivity contribution in [3.8, 4) is 22.5 Å². The summed E-state index contributed by atoms with van der Waals surface area (Å²) in [6, 6.07) is 16.1. The molecule has 25 heavy (non-hydrogen) atoms. The quantitative estimate of drug-likeness (QED) is 0.567. The molecule has 1 atom stereocenters. The number of H-pyrrole nitrogens is 1. The Bertz CT molecular complexity index is 1080. The number of hydrogen-bond donors (Lipinski definition) is 2. The monoisotopic (exact) mass is 326 g/mol. The van der Waals surface area contributed by atoms with E-state index < -0.39 is 0 Å². The number of amides is 1. The summed E-state index contributed by atoms with van der Waals surface area (Å²) < 4.78 is 0. The van der Waals surface area contributed by atoms with Crippen LogP contribution >= 0.6 is 0 Å². The molecule has 0 bridgehead atoms. The highest BCUT2D eigenvalue weighted by Crippen LogP contribution is 2.47. The second kappa shape index (κ2) is 5.27. The molecule has 2 aromatic carbocycles. The number of rotatable bonds is 3. The van der Waals surface area contributed by atoms with Gasteiger partial charge in [-0.05, 0) is 28.3 Å². The molecule has 0 aliphatic heterocycles. The number of fused-ring (bicyclic) bond motifs is 4. The molecule has 2 heterocycles. The van der Waals surface area contributed by atoms with Crippen LogP contribution < -0.4 is 5.32 Å². The maximum atomic E-state index is 11.1. The molecule has 0 fully saturated rings. The first kappa shape index (κ1) is 13.9. The van der Waals surface area contributed by atoms with Crippen LogP contribution in [0.3, 0.4) is 0 Å². The fraction of sp³-hybridized carbons (Fsp3) is 0.0500. The van der Waals surface area contributed by atoms with E-state index in [0.717, 1.165) is 51.1 Å². The number of nitrogens with one attached hydrogen (secondary N) is 2. The molecular weight excluding hydrogens is 312 g/mol. The molecular formula is C20H14N4O. The Kier molecular flexibility index (Phi) is 2.94. The Morgan fingerprint density at radius 2 is 1.84 bits per heavy atom. The topological polar surface area (TPSA) is 70.7 Å². The van der Waals surface area contributed by atoms with Crippen molar-refractivity contribution in [3.05, 3.63) is 72.1 Å². The molecule has 5 nitrogen and oxygen atoms in total. The van der Waals surface area contributed by atoms with Crippen LogP contribution in [-0.4, -0.2) is 21.4 Å². The van der Waals surface area contributed by atoms with E-state index in [1.54, 1.807) is 12.4 Å². The summed E-state index contributed by atoms with van der Waals surface area (Å²) in [5.41, 5.74) is 7.26. The van der Waals surface area contributed by atoms with Crippen LogP contribution in [0.25, 0.3) is 33.5 Å². The second-order valence-corrected chi connectivity index (χ2v) is 6.05. The fourth-order valence-corrected chi connectivity index (χ4v) is 3.68. The average Bonchev–Trinajstić information content (AvgIpc) is 3.22. The van der Waals surface area contributed by atoms with Gasteiger partial charge in [0, 0.05) is 11.8 Å². The van der Waals surface area contributed by atoms with Gasteiger partial charge < -0.3 is 10.3 Å². The maximum absolute atomic E-state index is 11.1. The van der Waals surface area contributed by atoms with Gasteiger partial charge in [0.1, 0.15) is 5.82 Å². The van der Waals surface area contributed by atoms with Crippen molar-refractivity contribution >= 4 is 17.4 Å². The normalized spacial score (nSPS) is 15.0. The highest BCUT2D eigenvalue weighted by atomic mass is 16.1. The number of imidazole rings is 1.